The third-order valence-corrected chi connectivity index (χ3v) is 9.83. The maximum atomic E-state index is 13.8. The third-order valence-electron chi connectivity index (χ3n) is 6.75. The summed E-state index contributed by atoms with van der Waals surface area (Å²) < 4.78 is 59.2. The van der Waals surface area contributed by atoms with Gasteiger partial charge in [0.2, 0.25) is 0 Å². The number of fused-ring (bicyclic) bond motifs is 1. The van der Waals surface area contributed by atoms with Crippen LogP contribution in [0.2, 0.25) is 0 Å². The van der Waals surface area contributed by atoms with Gasteiger partial charge >= 0.3 is 0 Å². The number of carbonyl (C=O) groups is 1. The Hall–Kier alpha value is -3.92. The quantitative estimate of drug-likeness (QED) is 0.466. The lowest BCUT2D eigenvalue weighted by atomic mass is 10.1. The number of hydrogen-bond donors (Lipinski definition) is 1. The van der Waals surface area contributed by atoms with Gasteiger partial charge < -0.3 is 14.6 Å². The Kier molecular flexibility index (Phi) is 5.94. The van der Waals surface area contributed by atoms with Crippen LogP contribution in [0.3, 0.4) is 0 Å². The fourth-order valence-electron chi connectivity index (χ4n) is 4.27. The van der Waals surface area contributed by atoms with Crippen LogP contribution in [0.5, 0.6) is 5.88 Å². The van der Waals surface area contributed by atoms with Gasteiger partial charge in [0.25, 0.3) is 17.3 Å². The van der Waals surface area contributed by atoms with Crippen molar-refractivity contribution >= 4 is 26.6 Å². The number of hydrogen-bond acceptors (Lipinski definition) is 8. The van der Waals surface area contributed by atoms with Crippen LogP contribution in [0.25, 0.3) is 10.9 Å². The Morgan fingerprint density at radius 1 is 1.27 bits per heavy atom. The average Bonchev–Trinajstić information content (AvgIpc) is 3.77. The summed E-state index contributed by atoms with van der Waals surface area (Å²) in [5.74, 6) is -2.93. The summed E-state index contributed by atoms with van der Waals surface area (Å²) in [6, 6.07) is 4.57. The van der Waals surface area contributed by atoms with Gasteiger partial charge in [-0.25, -0.2) is 17.2 Å². The highest BCUT2D eigenvalue weighted by atomic mass is 32.2. The number of amides is 1. The van der Waals surface area contributed by atoms with Crippen molar-refractivity contribution in [3.05, 3.63) is 63.1 Å². The van der Waals surface area contributed by atoms with Crippen molar-refractivity contribution < 1.29 is 26.7 Å². The molecule has 1 aromatic carbocycles. The number of aryl methyl sites for hydroxylation is 1. The second kappa shape index (κ2) is 8.88. The van der Waals surface area contributed by atoms with E-state index in [0.29, 0.717) is 31.1 Å². The molecule has 0 unspecified atom stereocenters. The number of carbonyl (C=O) groups excluding carboxylic acids is 1. The molecule has 0 spiro atoms. The predicted octanol–water partition coefficient (Wildman–Crippen LogP) is 1.90. The number of nitrogens with zero attached hydrogens (tertiary/aromatic N) is 4. The predicted molar refractivity (Wildman–Crippen MR) is 126 cm³/mol. The molecule has 2 saturated carbocycles. The molecule has 2 aliphatic carbocycles. The highest BCUT2D eigenvalue weighted by Gasteiger charge is 2.60. The van der Waals surface area contributed by atoms with Crippen LogP contribution in [0.4, 0.5) is 8.78 Å². The van der Waals surface area contributed by atoms with Crippen LogP contribution in [0.1, 0.15) is 47.2 Å². The number of aromatic nitrogens is 3. The van der Waals surface area contributed by atoms with Crippen molar-refractivity contribution in [2.75, 3.05) is 6.61 Å². The highest BCUT2D eigenvalue weighted by Crippen LogP contribution is 2.50. The minimum Gasteiger partial charge on any atom is -0.473 e. The molecule has 192 valence electrons. The Morgan fingerprint density at radius 3 is 2.54 bits per heavy atom. The minimum absolute atomic E-state index is 0.0233. The third kappa shape index (κ3) is 4.31. The molecule has 10 nitrogen and oxygen atoms in total. The zero-order chi connectivity index (χ0) is 26.5. The van der Waals surface area contributed by atoms with Crippen LogP contribution >= 0.6 is 0 Å². The Labute approximate surface area is 209 Å². The minimum atomic E-state index is -3.31. The van der Waals surface area contributed by atoms with Gasteiger partial charge in [-0.15, -0.1) is 5.10 Å². The van der Waals surface area contributed by atoms with Crippen LogP contribution in [0, 0.1) is 23.0 Å². The summed E-state index contributed by atoms with van der Waals surface area (Å²) in [4.78, 5) is 25.8. The topological polar surface area (TPSA) is 144 Å². The van der Waals surface area contributed by atoms with Gasteiger partial charge in [0.15, 0.2) is 9.84 Å². The normalized spacial score (nSPS) is 16.3. The second-order valence-corrected chi connectivity index (χ2v) is 11.9. The van der Waals surface area contributed by atoms with Gasteiger partial charge in [-0.1, -0.05) is 0 Å². The monoisotopic (exact) mass is 529 g/mol. The number of nitrogens with one attached hydrogen (secondary N) is 1. The van der Waals surface area contributed by atoms with Crippen LogP contribution < -0.4 is 15.6 Å². The first kappa shape index (κ1) is 24.8. The van der Waals surface area contributed by atoms with E-state index in [4.69, 9.17) is 10.00 Å². The molecule has 2 aromatic heterocycles. The van der Waals surface area contributed by atoms with Gasteiger partial charge in [0.05, 0.1) is 11.4 Å². The molecule has 2 fully saturated rings. The molecular formula is C24H21F2N5O5S. The second-order valence-electron chi connectivity index (χ2n) is 9.32. The Balaban J connectivity index is 1.38. The number of pyridine rings is 1. The number of halogens is 2. The van der Waals surface area contributed by atoms with E-state index in [2.05, 4.69) is 15.5 Å². The summed E-state index contributed by atoms with van der Waals surface area (Å²) in [6.45, 7) is -0.395. The molecule has 37 heavy (non-hydrogen) atoms. The molecule has 0 bridgehead atoms. The van der Waals surface area contributed by atoms with Crippen molar-refractivity contribution in [3.8, 4) is 11.9 Å². The summed E-state index contributed by atoms with van der Waals surface area (Å²) in [5, 5.41) is 19.0. The number of sulfone groups is 1. The average molecular weight is 530 g/mol. The first-order valence-electron chi connectivity index (χ1n) is 11.5. The maximum Gasteiger partial charge on any atom is 0.263 e. The fraction of sp³-hybridized carbons (Fsp3) is 0.375. The molecular weight excluding hydrogens is 508 g/mol. The number of nitriles is 1. The van der Waals surface area contributed by atoms with Crippen LogP contribution in [-0.2, 0) is 23.4 Å². The summed E-state index contributed by atoms with van der Waals surface area (Å²) in [5.41, 5.74) is -1.36. The van der Waals surface area contributed by atoms with Crippen LogP contribution in [-0.4, -0.2) is 45.7 Å². The molecule has 2 aliphatic rings. The lowest BCUT2D eigenvalue weighted by molar-refractivity contribution is 0.0949. The molecule has 2 heterocycles. The van der Waals surface area contributed by atoms with E-state index in [1.807, 2.05) is 0 Å². The van der Waals surface area contributed by atoms with Crippen molar-refractivity contribution in [1.82, 2.24) is 20.1 Å². The number of benzene rings is 1. The molecule has 0 saturated heterocycles. The Bertz CT molecular complexity index is 1630. The largest absolute Gasteiger partial charge is 0.473 e. The van der Waals surface area contributed by atoms with Gasteiger partial charge in [0, 0.05) is 19.0 Å². The number of rotatable bonds is 8. The maximum absolute atomic E-state index is 13.8. The zero-order valence-electron chi connectivity index (χ0n) is 19.6. The van der Waals surface area contributed by atoms with E-state index < -0.39 is 43.2 Å². The first-order valence-corrected chi connectivity index (χ1v) is 13.0. The van der Waals surface area contributed by atoms with Crippen molar-refractivity contribution in [2.45, 2.75) is 42.2 Å². The molecule has 1 amide bonds. The summed E-state index contributed by atoms with van der Waals surface area (Å²) in [7, 11) is -1.90. The molecule has 1 N–H and O–H groups in total. The first-order chi connectivity index (χ1) is 17.6. The summed E-state index contributed by atoms with van der Waals surface area (Å²) in [6.07, 6.45) is 3.65. The highest BCUT2D eigenvalue weighted by molar-refractivity contribution is 7.94. The fourth-order valence-corrected chi connectivity index (χ4v) is 6.63. The van der Waals surface area contributed by atoms with Crippen molar-refractivity contribution in [1.29, 1.82) is 5.26 Å². The van der Waals surface area contributed by atoms with Crippen molar-refractivity contribution in [2.24, 2.45) is 7.05 Å². The molecule has 5 rings (SSSR count). The van der Waals surface area contributed by atoms with E-state index in [9.17, 15) is 26.8 Å². The van der Waals surface area contributed by atoms with Gasteiger partial charge in [-0.2, -0.15) is 10.4 Å². The lowest BCUT2D eigenvalue weighted by Crippen LogP contribution is -2.34. The Morgan fingerprint density at radius 2 is 1.95 bits per heavy atom. The van der Waals surface area contributed by atoms with E-state index >= 15 is 0 Å². The standard InChI is InChI=1S/C24H21F2N5O5S/c1-31-20-14(11-29-30-22(20)36-12-24(4-5-24)37(34,35)15-2-3-15)8-16(23(31)33)21(32)28-10-13-6-18(25)17(9-27)19(26)7-13/h6-8,11,15H,2-5,10,12H2,1H3,(H,28,32). The summed E-state index contributed by atoms with van der Waals surface area (Å²) >= 11 is 0. The molecule has 0 atom stereocenters. The molecule has 3 aromatic rings. The van der Waals surface area contributed by atoms with Gasteiger partial charge in [-0.05, 0) is 49.4 Å². The van der Waals surface area contributed by atoms with E-state index in [0.717, 1.165) is 16.7 Å². The lowest BCUT2D eigenvalue weighted by Gasteiger charge is -2.17. The molecule has 13 heteroatoms. The van der Waals surface area contributed by atoms with Crippen LogP contribution in [0.15, 0.2) is 29.2 Å². The molecule has 0 aliphatic heterocycles. The van der Waals surface area contributed by atoms with Gasteiger partial charge in [0.1, 0.15) is 45.7 Å². The smallest absolute Gasteiger partial charge is 0.263 e. The number of ether oxygens (including phenoxy) is 1. The SMILES string of the molecule is Cn1c(=O)c(C(=O)NCc2cc(F)c(C#N)c(F)c2)cc2cnnc(OCC3(S(=O)(=O)C4CC4)CC3)c21. The van der Waals surface area contributed by atoms with E-state index in [1.54, 1.807) is 0 Å². The zero-order valence-corrected chi connectivity index (χ0v) is 20.4. The van der Waals surface area contributed by atoms with Crippen molar-refractivity contribution in [3.63, 3.8) is 0 Å². The van der Waals surface area contributed by atoms with E-state index in [-0.39, 0.29) is 40.9 Å². The van der Waals surface area contributed by atoms with E-state index in [1.165, 1.54) is 25.4 Å². The van der Waals surface area contributed by atoms with Gasteiger partial charge in [-0.3, -0.25) is 9.59 Å². The molecule has 0 radical (unpaired) electrons.